The molecule has 4 aliphatic rings. The van der Waals surface area contributed by atoms with Crippen molar-refractivity contribution in [2.45, 2.75) is 81.9 Å². The minimum Gasteiger partial charge on any atom is -0.455 e. The zero-order chi connectivity index (χ0) is 32.1. The van der Waals surface area contributed by atoms with Crippen LogP contribution in [0.25, 0.3) is 0 Å². The lowest BCUT2D eigenvalue weighted by Crippen LogP contribution is -2.56. The minimum atomic E-state index is -1.38. The zero-order valence-corrected chi connectivity index (χ0v) is 26.3. The van der Waals surface area contributed by atoms with Gasteiger partial charge < -0.3 is 34.4 Å². The highest BCUT2D eigenvalue weighted by Crippen LogP contribution is 2.53. The van der Waals surface area contributed by atoms with E-state index in [9.17, 15) is 24.3 Å². The van der Waals surface area contributed by atoms with E-state index in [2.05, 4.69) is 5.32 Å². The summed E-state index contributed by atoms with van der Waals surface area (Å²) in [5.41, 5.74) is -0.708. The number of carbonyl (C=O) groups is 4. The minimum absolute atomic E-state index is 0.0465. The Morgan fingerprint density at radius 2 is 1.84 bits per heavy atom. The highest BCUT2D eigenvalue weighted by atomic mass is 16.6. The number of aliphatic hydroxyl groups is 1. The zero-order valence-electron chi connectivity index (χ0n) is 26.3. The van der Waals surface area contributed by atoms with Gasteiger partial charge in [-0.2, -0.15) is 0 Å². The molecule has 2 fully saturated rings. The third-order valence-corrected chi connectivity index (χ3v) is 9.27. The molecule has 2 N–H and O–H groups in total. The molecule has 5 rings (SSSR count). The number of nitrogens with one attached hydrogen (secondary N) is 1. The Morgan fingerprint density at radius 3 is 2.56 bits per heavy atom. The van der Waals surface area contributed by atoms with Gasteiger partial charge in [-0.1, -0.05) is 54.6 Å². The van der Waals surface area contributed by atoms with Crippen molar-refractivity contribution in [3.8, 4) is 0 Å². The number of hydrogen-bond donors (Lipinski definition) is 2. The van der Waals surface area contributed by atoms with E-state index in [0.717, 1.165) is 0 Å². The molecule has 1 aromatic rings. The molecule has 4 aliphatic heterocycles. The summed E-state index contributed by atoms with van der Waals surface area (Å²) in [6.45, 7) is 4.66. The van der Waals surface area contributed by atoms with Crippen LogP contribution in [0, 0.1) is 11.8 Å². The lowest BCUT2D eigenvalue weighted by Gasteiger charge is -2.36. The monoisotopic (exact) mass is 623 g/mol. The van der Waals surface area contributed by atoms with Gasteiger partial charge in [-0.25, -0.2) is 0 Å². The van der Waals surface area contributed by atoms with Crippen LogP contribution in [-0.4, -0.2) is 102 Å². The molecule has 3 amide bonds. The number of aliphatic hydroxyl groups excluding tert-OH is 1. The summed E-state index contributed by atoms with van der Waals surface area (Å²) < 4.78 is 18.5. The Morgan fingerprint density at radius 1 is 1.07 bits per heavy atom. The molecular weight excluding hydrogens is 578 g/mol. The van der Waals surface area contributed by atoms with Crippen LogP contribution in [0.4, 0.5) is 0 Å². The van der Waals surface area contributed by atoms with Gasteiger partial charge >= 0.3 is 5.97 Å². The van der Waals surface area contributed by atoms with Gasteiger partial charge in [-0.15, -0.1) is 0 Å². The molecule has 2 saturated heterocycles. The van der Waals surface area contributed by atoms with E-state index in [0.29, 0.717) is 44.3 Å². The summed E-state index contributed by atoms with van der Waals surface area (Å²) in [5, 5.41) is 12.3. The molecule has 7 atom stereocenters. The topological polar surface area (TPSA) is 135 Å². The summed E-state index contributed by atoms with van der Waals surface area (Å²) in [4.78, 5) is 59.3. The van der Waals surface area contributed by atoms with Gasteiger partial charge in [-0.3, -0.25) is 19.2 Å². The molecule has 11 heteroatoms. The van der Waals surface area contributed by atoms with Crippen molar-refractivity contribution in [2.24, 2.45) is 11.8 Å². The van der Waals surface area contributed by atoms with Crippen molar-refractivity contribution in [1.82, 2.24) is 15.1 Å². The lowest BCUT2D eigenvalue weighted by atomic mass is 9.77. The highest BCUT2D eigenvalue weighted by molar-refractivity contribution is 5.99. The SMILES string of the molecule is COC[C@H]1NC(=O)CC/C=C\[C@H]2O[C@]34C=CCN(C(C)C)C(=O)[C@H]3N(CCCCCO)C(=O)[C@@H]4[C@H]2C(=O)O[C@@H]1c1ccccc1. The second kappa shape index (κ2) is 14.3. The second-order valence-electron chi connectivity index (χ2n) is 12.5. The van der Waals surface area contributed by atoms with E-state index in [1.165, 1.54) is 7.11 Å². The van der Waals surface area contributed by atoms with Crippen molar-refractivity contribution < 1.29 is 38.5 Å². The molecule has 45 heavy (non-hydrogen) atoms. The van der Waals surface area contributed by atoms with Gasteiger partial charge in [0.2, 0.25) is 17.7 Å². The summed E-state index contributed by atoms with van der Waals surface area (Å²) in [6.07, 6.45) is 7.91. The molecule has 1 spiro atoms. The average Bonchev–Trinajstić information content (AvgIpc) is 3.40. The van der Waals surface area contributed by atoms with Crippen molar-refractivity contribution in [3.63, 3.8) is 0 Å². The van der Waals surface area contributed by atoms with Crippen molar-refractivity contribution >= 4 is 23.7 Å². The number of amides is 3. The predicted molar refractivity (Wildman–Crippen MR) is 164 cm³/mol. The molecule has 0 aliphatic carbocycles. The maximum absolute atomic E-state index is 14.5. The molecule has 0 saturated carbocycles. The molecule has 244 valence electrons. The Bertz CT molecular complexity index is 1300. The number of nitrogens with zero attached hydrogens (tertiary/aromatic N) is 2. The van der Waals surface area contributed by atoms with Crippen molar-refractivity contribution in [2.75, 3.05) is 33.4 Å². The standard InChI is InChI=1S/C34H45N3O8/c1-22(2)36-19-12-17-34-28(31(40)37(30(34)32(36)41)18-10-5-11-20-38)27-25(45-34)15-8-9-16-26(39)35-24(21-43-3)29(44-33(27)42)23-13-6-4-7-14-23/h4,6-8,12-15,17,22,24-25,27-30,38H,5,9-11,16,18-21H2,1-3H3,(H,35,39)/b15-8-/t24-,25-,27+,28+,29-,30-,34+/m1/s1. The number of likely N-dealkylation sites (tertiary alicyclic amines) is 1. The van der Waals surface area contributed by atoms with E-state index >= 15 is 0 Å². The lowest BCUT2D eigenvalue weighted by molar-refractivity contribution is -0.162. The quantitative estimate of drug-likeness (QED) is 0.243. The van der Waals surface area contributed by atoms with Crippen LogP contribution in [0.5, 0.6) is 0 Å². The van der Waals surface area contributed by atoms with E-state index in [-0.39, 0.29) is 43.4 Å². The van der Waals surface area contributed by atoms with E-state index in [1.54, 1.807) is 22.0 Å². The first-order valence-corrected chi connectivity index (χ1v) is 16.0. The normalized spacial score (nSPS) is 32.6. The van der Waals surface area contributed by atoms with Gasteiger partial charge in [0.05, 0.1) is 24.7 Å². The molecule has 11 nitrogen and oxygen atoms in total. The van der Waals surface area contributed by atoms with Crippen LogP contribution in [0.15, 0.2) is 54.6 Å². The maximum atomic E-state index is 14.5. The number of allylic oxidation sites excluding steroid dienone is 1. The van der Waals surface area contributed by atoms with E-state index in [1.807, 2.05) is 56.3 Å². The molecule has 0 aromatic heterocycles. The number of ether oxygens (including phenoxy) is 3. The third-order valence-electron chi connectivity index (χ3n) is 9.27. The summed E-state index contributed by atoms with van der Waals surface area (Å²) in [6, 6.07) is 7.39. The summed E-state index contributed by atoms with van der Waals surface area (Å²) in [7, 11) is 1.52. The Kier molecular flexibility index (Phi) is 10.4. The average molecular weight is 624 g/mol. The number of benzene rings is 1. The summed E-state index contributed by atoms with van der Waals surface area (Å²) >= 11 is 0. The predicted octanol–water partition coefficient (Wildman–Crippen LogP) is 2.30. The van der Waals surface area contributed by atoms with Crippen molar-refractivity contribution in [1.29, 1.82) is 0 Å². The van der Waals surface area contributed by atoms with Crippen molar-refractivity contribution in [3.05, 3.63) is 60.2 Å². The van der Waals surface area contributed by atoms with E-state index in [4.69, 9.17) is 14.2 Å². The van der Waals surface area contributed by atoms with Crippen LogP contribution in [0.3, 0.4) is 0 Å². The third kappa shape index (κ3) is 6.43. The molecule has 0 unspecified atom stereocenters. The first-order valence-electron chi connectivity index (χ1n) is 16.0. The van der Waals surface area contributed by atoms with Gasteiger partial charge in [0.25, 0.3) is 0 Å². The van der Waals surface area contributed by atoms with Crippen LogP contribution in [0.2, 0.25) is 0 Å². The fourth-order valence-electron chi connectivity index (χ4n) is 7.18. The second-order valence-corrected chi connectivity index (χ2v) is 12.5. The largest absolute Gasteiger partial charge is 0.455 e. The molecule has 0 radical (unpaired) electrons. The molecule has 4 heterocycles. The van der Waals surface area contributed by atoms with Crippen LogP contribution in [-0.2, 0) is 33.4 Å². The van der Waals surface area contributed by atoms with Gasteiger partial charge in [0.1, 0.15) is 23.7 Å². The number of rotatable bonds is 9. The number of cyclic esters (lactones) is 1. The van der Waals surface area contributed by atoms with Crippen LogP contribution < -0.4 is 5.32 Å². The highest BCUT2D eigenvalue weighted by Gasteiger charge is 2.71. The van der Waals surface area contributed by atoms with Gasteiger partial charge in [-0.05, 0) is 45.1 Å². The van der Waals surface area contributed by atoms with Crippen LogP contribution >= 0.6 is 0 Å². The fourth-order valence-corrected chi connectivity index (χ4v) is 7.18. The Labute approximate surface area is 264 Å². The Hall–Kier alpha value is -3.54. The number of carbonyl (C=O) groups excluding carboxylic acids is 4. The van der Waals surface area contributed by atoms with Gasteiger partial charge in [0, 0.05) is 39.3 Å². The summed E-state index contributed by atoms with van der Waals surface area (Å²) in [5.74, 6) is -3.43. The first-order chi connectivity index (χ1) is 21.7. The van der Waals surface area contributed by atoms with E-state index < -0.39 is 47.7 Å². The number of fused-ring (bicyclic) bond motifs is 2. The van der Waals surface area contributed by atoms with Gasteiger partial charge in [0.15, 0.2) is 0 Å². The number of unbranched alkanes of at least 4 members (excludes halogenated alkanes) is 2. The first kappa shape index (κ1) is 32.8. The molecule has 1 aromatic carbocycles. The smallest absolute Gasteiger partial charge is 0.313 e. The molecule has 0 bridgehead atoms. The maximum Gasteiger partial charge on any atom is 0.313 e. The number of methoxy groups -OCH3 is 1. The Balaban J connectivity index is 1.58. The number of hydrogen-bond acceptors (Lipinski definition) is 8. The fraction of sp³-hybridized carbons (Fsp3) is 0.588. The molecular formula is C34H45N3O8. The van der Waals surface area contributed by atoms with Crippen LogP contribution in [0.1, 0.15) is 57.6 Å². The number of esters is 1.